The Bertz CT molecular complexity index is 3980. The van der Waals surface area contributed by atoms with Crippen molar-refractivity contribution in [3.8, 4) is 44.5 Å². The average molecular weight is 993 g/mol. The molecule has 77 heavy (non-hydrogen) atoms. The van der Waals surface area contributed by atoms with Crippen molar-refractivity contribution in [2.45, 2.75) is 74.1 Å². The van der Waals surface area contributed by atoms with E-state index in [0.717, 1.165) is 22.7 Å². The molecule has 1 aliphatic heterocycles. The number of rotatable bonds is 6. The number of hydrogen-bond acceptors (Lipinski definition) is 2. The zero-order valence-corrected chi connectivity index (χ0v) is 45.8. The fourth-order valence-electron chi connectivity index (χ4n) is 12.7. The molecule has 0 fully saturated rings. The van der Waals surface area contributed by atoms with Gasteiger partial charge in [0, 0.05) is 34.0 Å². The van der Waals surface area contributed by atoms with E-state index in [-0.39, 0.29) is 5.41 Å². The Kier molecular flexibility index (Phi) is 11.5. The molecule has 0 atom stereocenters. The van der Waals surface area contributed by atoms with Crippen molar-refractivity contribution in [1.29, 1.82) is 0 Å². The Morgan fingerprint density at radius 2 is 0.701 bits per heavy atom. The third-order valence-corrected chi connectivity index (χ3v) is 16.7. The van der Waals surface area contributed by atoms with Gasteiger partial charge in [0.25, 0.3) is 0 Å². The summed E-state index contributed by atoms with van der Waals surface area (Å²) >= 11 is 0. The first-order valence-corrected chi connectivity index (χ1v) is 27.4. The molecule has 0 saturated carbocycles. The van der Waals surface area contributed by atoms with E-state index in [9.17, 15) is 0 Å². The van der Waals surface area contributed by atoms with Crippen LogP contribution in [0.5, 0.6) is 0 Å². The summed E-state index contributed by atoms with van der Waals surface area (Å²) in [4.78, 5) is 5.29. The molecule has 1 aliphatic rings. The van der Waals surface area contributed by atoms with Gasteiger partial charge in [-0.2, -0.15) is 0 Å². The van der Waals surface area contributed by atoms with Crippen LogP contribution in [-0.4, -0.2) is 0 Å². The van der Waals surface area contributed by atoms with Gasteiger partial charge in [0.1, 0.15) is 0 Å². The maximum Gasteiger partial charge on any atom is 0.0561 e. The lowest BCUT2D eigenvalue weighted by molar-refractivity contribution is 0.591. The Morgan fingerprint density at radius 1 is 0.299 bits per heavy atom. The molecule has 0 radical (unpaired) electrons. The zero-order chi connectivity index (χ0) is 52.9. The van der Waals surface area contributed by atoms with Gasteiger partial charge in [0.15, 0.2) is 0 Å². The van der Waals surface area contributed by atoms with Crippen LogP contribution < -0.4 is 9.80 Å². The molecule has 0 amide bonds. The highest BCUT2D eigenvalue weighted by atomic mass is 15.2. The minimum atomic E-state index is -0.0261. The summed E-state index contributed by atoms with van der Waals surface area (Å²) in [7, 11) is 0. The van der Waals surface area contributed by atoms with Crippen molar-refractivity contribution in [3.05, 3.63) is 262 Å². The van der Waals surface area contributed by atoms with Gasteiger partial charge in [0.2, 0.25) is 0 Å². The summed E-state index contributed by atoms with van der Waals surface area (Å²) < 4.78 is 0. The Hall–Kier alpha value is -8.72. The maximum absolute atomic E-state index is 2.64. The molecule has 0 unspecified atom stereocenters. The van der Waals surface area contributed by atoms with Crippen LogP contribution >= 0.6 is 0 Å². The van der Waals surface area contributed by atoms with Crippen molar-refractivity contribution in [2.24, 2.45) is 0 Å². The van der Waals surface area contributed by atoms with Crippen LogP contribution in [0.4, 0.5) is 34.1 Å². The standard InChI is InChI=1S/C75H64N2/c1-46-26-28-54(52-22-12-10-13-23-52)41-65(46)76-67-43-60(71-48(3)18-16-19-49(71)4)32-30-56(67)38-57-31-33-61(72-50(5)20-17-21-51(72)6)44-68(57)77(66-42-55(29-27-47(66)2)53-24-14-11-15-25-53)70-45-69(76)63-36-34-58-39-62(75(7,8)9)40-59-35-37-64(70)74(63)73(58)59/h10-37,39-45H,38H2,1-9H3. The first kappa shape index (κ1) is 48.0. The van der Waals surface area contributed by atoms with E-state index >= 15 is 0 Å². The summed E-state index contributed by atoms with van der Waals surface area (Å²) in [6.45, 7) is 20.6. The first-order valence-electron chi connectivity index (χ1n) is 27.4. The summed E-state index contributed by atoms with van der Waals surface area (Å²) in [5.74, 6) is 0. The lowest BCUT2D eigenvalue weighted by Gasteiger charge is -2.37. The average Bonchev–Trinajstić information content (AvgIpc) is 3.57. The highest BCUT2D eigenvalue weighted by molar-refractivity contribution is 6.29. The van der Waals surface area contributed by atoms with Crippen LogP contribution in [0.25, 0.3) is 76.8 Å². The second kappa shape index (κ2) is 18.5. The van der Waals surface area contributed by atoms with Crippen LogP contribution in [0.15, 0.2) is 212 Å². The molecule has 2 nitrogen and oxygen atoms in total. The smallest absolute Gasteiger partial charge is 0.0561 e. The van der Waals surface area contributed by atoms with E-state index in [2.05, 4.69) is 284 Å². The van der Waals surface area contributed by atoms with Crippen molar-refractivity contribution in [2.75, 3.05) is 9.80 Å². The molecule has 0 aliphatic carbocycles. The number of benzene rings is 12. The van der Waals surface area contributed by atoms with Gasteiger partial charge < -0.3 is 9.80 Å². The molecule has 0 spiro atoms. The largest absolute Gasteiger partial charge is 0.309 e. The van der Waals surface area contributed by atoms with Crippen LogP contribution in [0, 0.1) is 41.5 Å². The molecule has 374 valence electrons. The Balaban J connectivity index is 1.23. The van der Waals surface area contributed by atoms with Crippen LogP contribution in [-0.2, 0) is 11.8 Å². The third kappa shape index (κ3) is 8.17. The van der Waals surface area contributed by atoms with E-state index in [4.69, 9.17) is 0 Å². The van der Waals surface area contributed by atoms with Gasteiger partial charge in [-0.1, -0.05) is 203 Å². The summed E-state index contributed by atoms with van der Waals surface area (Å²) in [6, 6.07) is 81.0. The lowest BCUT2D eigenvalue weighted by Crippen LogP contribution is -2.20. The summed E-state index contributed by atoms with van der Waals surface area (Å²) in [5.41, 5.74) is 28.0. The molecule has 2 bridgehead atoms. The van der Waals surface area contributed by atoms with Gasteiger partial charge in [0.05, 0.1) is 22.7 Å². The van der Waals surface area contributed by atoms with Crippen LogP contribution in [0.3, 0.4) is 0 Å². The zero-order valence-electron chi connectivity index (χ0n) is 45.8. The monoisotopic (exact) mass is 993 g/mol. The molecule has 0 saturated heterocycles. The van der Waals surface area contributed by atoms with Crippen LogP contribution in [0.2, 0.25) is 0 Å². The molecule has 0 N–H and O–H groups in total. The van der Waals surface area contributed by atoms with Crippen LogP contribution in [0.1, 0.15) is 70.8 Å². The number of hydrogen-bond donors (Lipinski definition) is 0. The minimum absolute atomic E-state index is 0.0261. The number of fused-ring (bicyclic) bond motifs is 6. The highest BCUT2D eigenvalue weighted by Gasteiger charge is 2.31. The van der Waals surface area contributed by atoms with E-state index < -0.39 is 0 Å². The quantitative estimate of drug-likeness (QED) is 0.153. The maximum atomic E-state index is 2.64. The fourth-order valence-corrected chi connectivity index (χ4v) is 12.7. The van der Waals surface area contributed by atoms with Crippen molar-refractivity contribution < 1.29 is 0 Å². The van der Waals surface area contributed by atoms with Crippen molar-refractivity contribution in [3.63, 3.8) is 0 Å². The van der Waals surface area contributed by atoms with Gasteiger partial charge in [-0.15, -0.1) is 0 Å². The van der Waals surface area contributed by atoms with Gasteiger partial charge in [-0.05, 0) is 188 Å². The van der Waals surface area contributed by atoms with Gasteiger partial charge >= 0.3 is 0 Å². The van der Waals surface area contributed by atoms with E-state index in [1.54, 1.807) is 0 Å². The highest BCUT2D eigenvalue weighted by Crippen LogP contribution is 2.55. The topological polar surface area (TPSA) is 6.48 Å². The molecular weight excluding hydrogens is 929 g/mol. The predicted octanol–water partition coefficient (Wildman–Crippen LogP) is 21.2. The third-order valence-electron chi connectivity index (χ3n) is 16.7. The van der Waals surface area contributed by atoms with Gasteiger partial charge in [-0.3, -0.25) is 0 Å². The SMILES string of the molecule is Cc1ccc(-c2ccccc2)cc1N1c2cc(-c3c(C)cccc3C)ccc2Cc2ccc(-c3c(C)cccc3C)cc2N(c2cc(-c3ccccc3)ccc2C)c2cc1c1ccc3cc(C(C)(C)C)cc4ccc2c1c34. The molecule has 2 heteroatoms. The van der Waals surface area contributed by atoms with Gasteiger partial charge in [-0.25, -0.2) is 0 Å². The number of nitrogens with zero attached hydrogens (tertiary/aromatic N) is 2. The summed E-state index contributed by atoms with van der Waals surface area (Å²) in [5, 5.41) is 7.54. The van der Waals surface area contributed by atoms with E-state index in [1.165, 1.54) is 138 Å². The predicted molar refractivity (Wildman–Crippen MR) is 331 cm³/mol. The normalized spacial score (nSPS) is 12.6. The lowest BCUT2D eigenvalue weighted by atomic mass is 9.83. The first-order chi connectivity index (χ1) is 37.3. The molecule has 12 aromatic rings. The Labute approximate surface area is 454 Å². The number of anilines is 6. The summed E-state index contributed by atoms with van der Waals surface area (Å²) in [6.07, 6.45) is 0.697. The number of aryl methyl sites for hydroxylation is 6. The second-order valence-corrected chi connectivity index (χ2v) is 22.9. The Morgan fingerprint density at radius 3 is 1.12 bits per heavy atom. The van der Waals surface area contributed by atoms with E-state index in [1.807, 2.05) is 0 Å². The molecule has 12 aromatic carbocycles. The van der Waals surface area contributed by atoms with Crippen molar-refractivity contribution in [1.82, 2.24) is 0 Å². The fraction of sp³-hybridized carbons (Fsp3) is 0.147. The minimum Gasteiger partial charge on any atom is -0.309 e. The molecule has 1 heterocycles. The molecule has 13 rings (SSSR count). The van der Waals surface area contributed by atoms with E-state index in [0.29, 0.717) is 6.42 Å². The van der Waals surface area contributed by atoms with Crippen molar-refractivity contribution >= 4 is 66.4 Å². The molecular formula is C75H64N2. The second-order valence-electron chi connectivity index (χ2n) is 22.9. The molecule has 0 aromatic heterocycles.